The zero-order valence-corrected chi connectivity index (χ0v) is 11.8. The molecule has 3 nitrogen and oxygen atoms in total. The molecule has 1 saturated carbocycles. The van der Waals surface area contributed by atoms with Gasteiger partial charge in [-0.2, -0.15) is 4.37 Å². The molecule has 5 heteroatoms. The smallest absolute Gasteiger partial charge is 0.170 e. The van der Waals surface area contributed by atoms with Crippen LogP contribution in [0, 0.1) is 5.92 Å². The van der Waals surface area contributed by atoms with Crippen LogP contribution in [-0.4, -0.2) is 20.9 Å². The molecule has 1 aromatic rings. The second-order valence-corrected chi connectivity index (χ2v) is 6.39. The number of nitrogens with zero attached hydrogens (tertiary/aromatic N) is 2. The molecule has 0 unspecified atom stereocenters. The van der Waals surface area contributed by atoms with Crippen molar-refractivity contribution < 1.29 is 4.79 Å². The van der Waals surface area contributed by atoms with Crippen molar-refractivity contribution >= 4 is 29.1 Å². The number of carbonyl (C=O) groups is 1. The van der Waals surface area contributed by atoms with Gasteiger partial charge in [-0.05, 0) is 24.4 Å². The van der Waals surface area contributed by atoms with E-state index in [1.165, 1.54) is 30.8 Å². The van der Waals surface area contributed by atoms with E-state index in [0.717, 1.165) is 29.4 Å². The van der Waals surface area contributed by atoms with Gasteiger partial charge >= 0.3 is 0 Å². The van der Waals surface area contributed by atoms with Gasteiger partial charge in [0, 0.05) is 12.3 Å². The van der Waals surface area contributed by atoms with Crippen LogP contribution in [0.25, 0.3) is 0 Å². The van der Waals surface area contributed by atoms with Gasteiger partial charge in [-0.3, -0.25) is 4.79 Å². The molecule has 0 atom stereocenters. The second-order valence-electron chi connectivity index (χ2n) is 4.42. The molecule has 17 heavy (non-hydrogen) atoms. The minimum atomic E-state index is 0.315. The Morgan fingerprint density at radius 3 is 2.82 bits per heavy atom. The van der Waals surface area contributed by atoms with E-state index in [1.54, 1.807) is 11.8 Å². The second kappa shape index (κ2) is 6.50. The minimum absolute atomic E-state index is 0.315. The van der Waals surface area contributed by atoms with Crippen molar-refractivity contribution in [1.82, 2.24) is 9.36 Å². The van der Waals surface area contributed by atoms with Gasteiger partial charge in [-0.25, -0.2) is 4.98 Å². The molecule has 1 aromatic heterocycles. The lowest BCUT2D eigenvalue weighted by atomic mass is 9.87. The first-order valence-electron chi connectivity index (χ1n) is 6.27. The Kier molecular flexibility index (Phi) is 4.98. The maximum Gasteiger partial charge on any atom is 0.170 e. The average molecular weight is 270 g/mol. The molecule has 1 aliphatic rings. The Morgan fingerprint density at radius 2 is 2.18 bits per heavy atom. The number of carbonyl (C=O) groups excluding carboxylic acids is 1. The lowest BCUT2D eigenvalue weighted by Gasteiger charge is -2.19. The molecule has 1 aliphatic carbocycles. The fraction of sp³-hybridized carbons (Fsp3) is 0.750. The molecule has 94 valence electrons. The van der Waals surface area contributed by atoms with E-state index in [-0.39, 0.29) is 0 Å². The van der Waals surface area contributed by atoms with Crippen molar-refractivity contribution in [3.63, 3.8) is 0 Å². The Balaban J connectivity index is 1.78. The molecule has 0 saturated heterocycles. The van der Waals surface area contributed by atoms with Gasteiger partial charge < -0.3 is 0 Å². The molecule has 0 aromatic carbocycles. The summed E-state index contributed by atoms with van der Waals surface area (Å²) in [6, 6.07) is 0. The van der Waals surface area contributed by atoms with Crippen molar-refractivity contribution in [1.29, 1.82) is 0 Å². The molecule has 0 radical (unpaired) electrons. The standard InChI is InChI=1S/C12H18N2OS2/c1-2-11-13-12(17-14-11)16-8-10(15)9-6-4-3-5-7-9/h9H,2-8H2,1H3. The van der Waals surface area contributed by atoms with Crippen LogP contribution in [0.15, 0.2) is 4.34 Å². The van der Waals surface area contributed by atoms with E-state index in [9.17, 15) is 4.79 Å². The van der Waals surface area contributed by atoms with Crippen LogP contribution < -0.4 is 0 Å². The van der Waals surface area contributed by atoms with Crippen LogP contribution in [0.2, 0.25) is 0 Å². The minimum Gasteiger partial charge on any atom is -0.298 e. The number of hydrogen-bond donors (Lipinski definition) is 0. The van der Waals surface area contributed by atoms with Crippen molar-refractivity contribution in [2.75, 3.05) is 5.75 Å². The summed E-state index contributed by atoms with van der Waals surface area (Å²) in [5.74, 6) is 2.18. The predicted octanol–water partition coefficient (Wildman–Crippen LogP) is 3.34. The molecule has 0 amide bonds. The van der Waals surface area contributed by atoms with Crippen LogP contribution in [0.3, 0.4) is 0 Å². The zero-order valence-electron chi connectivity index (χ0n) is 10.1. The molecule has 0 bridgehead atoms. The predicted molar refractivity (Wildman–Crippen MR) is 71.6 cm³/mol. The summed E-state index contributed by atoms with van der Waals surface area (Å²) in [6.07, 6.45) is 6.80. The van der Waals surface area contributed by atoms with Gasteiger partial charge in [-0.15, -0.1) is 0 Å². The molecule has 0 aliphatic heterocycles. The third-order valence-corrected chi connectivity index (χ3v) is 5.06. The summed E-state index contributed by atoms with van der Waals surface area (Å²) in [7, 11) is 0. The summed E-state index contributed by atoms with van der Waals surface area (Å²) in [5, 5.41) is 0. The van der Waals surface area contributed by atoms with Gasteiger partial charge in [-0.1, -0.05) is 37.9 Å². The fourth-order valence-corrected chi connectivity index (χ4v) is 3.79. The van der Waals surface area contributed by atoms with E-state index in [0.29, 0.717) is 17.5 Å². The number of hydrogen-bond acceptors (Lipinski definition) is 5. The number of aryl methyl sites for hydroxylation is 1. The Hall–Kier alpha value is -0.420. The number of Topliss-reactive ketones (excluding diaryl/α,β-unsaturated/α-hetero) is 1. The van der Waals surface area contributed by atoms with Crippen LogP contribution in [0.5, 0.6) is 0 Å². The fourth-order valence-electron chi connectivity index (χ4n) is 2.12. The van der Waals surface area contributed by atoms with Crippen LogP contribution >= 0.6 is 23.3 Å². The van der Waals surface area contributed by atoms with Gasteiger partial charge in [0.1, 0.15) is 11.6 Å². The number of rotatable bonds is 5. The quantitative estimate of drug-likeness (QED) is 0.770. The first kappa shape index (κ1) is 13.0. The van der Waals surface area contributed by atoms with Crippen molar-refractivity contribution in [2.24, 2.45) is 5.92 Å². The van der Waals surface area contributed by atoms with E-state index in [4.69, 9.17) is 0 Å². The highest BCUT2D eigenvalue weighted by Crippen LogP contribution is 2.27. The monoisotopic (exact) mass is 270 g/mol. The third kappa shape index (κ3) is 3.78. The molecule has 0 N–H and O–H groups in total. The van der Waals surface area contributed by atoms with Gasteiger partial charge in [0.25, 0.3) is 0 Å². The van der Waals surface area contributed by atoms with Crippen LogP contribution in [0.4, 0.5) is 0 Å². The summed E-state index contributed by atoms with van der Waals surface area (Å²) in [4.78, 5) is 16.3. The molecule has 1 fully saturated rings. The van der Waals surface area contributed by atoms with E-state index in [2.05, 4.69) is 9.36 Å². The number of ketones is 1. The highest BCUT2D eigenvalue weighted by Gasteiger charge is 2.21. The van der Waals surface area contributed by atoms with E-state index < -0.39 is 0 Å². The molecular formula is C12H18N2OS2. The maximum absolute atomic E-state index is 12.0. The topological polar surface area (TPSA) is 42.9 Å². The van der Waals surface area contributed by atoms with Gasteiger partial charge in [0.15, 0.2) is 4.34 Å². The molecular weight excluding hydrogens is 252 g/mol. The zero-order chi connectivity index (χ0) is 12.1. The largest absolute Gasteiger partial charge is 0.298 e. The number of thioether (sulfide) groups is 1. The Labute approximate surface area is 111 Å². The van der Waals surface area contributed by atoms with Gasteiger partial charge in [0.05, 0.1) is 5.75 Å². The van der Waals surface area contributed by atoms with E-state index in [1.807, 2.05) is 6.92 Å². The van der Waals surface area contributed by atoms with Crippen molar-refractivity contribution in [2.45, 2.75) is 49.8 Å². The number of aromatic nitrogens is 2. The van der Waals surface area contributed by atoms with Gasteiger partial charge in [0.2, 0.25) is 0 Å². The van der Waals surface area contributed by atoms with Crippen LogP contribution in [0.1, 0.15) is 44.9 Å². The summed E-state index contributed by atoms with van der Waals surface area (Å²) in [5.41, 5.74) is 0. The first-order valence-corrected chi connectivity index (χ1v) is 8.03. The highest BCUT2D eigenvalue weighted by molar-refractivity contribution is 8.01. The lowest BCUT2D eigenvalue weighted by molar-refractivity contribution is -0.121. The summed E-state index contributed by atoms with van der Waals surface area (Å²) in [6.45, 7) is 2.05. The normalized spacial score (nSPS) is 17.2. The average Bonchev–Trinajstić information content (AvgIpc) is 2.85. The summed E-state index contributed by atoms with van der Waals surface area (Å²) >= 11 is 2.97. The van der Waals surface area contributed by atoms with Crippen molar-refractivity contribution in [3.8, 4) is 0 Å². The van der Waals surface area contributed by atoms with E-state index >= 15 is 0 Å². The van der Waals surface area contributed by atoms with Crippen molar-refractivity contribution in [3.05, 3.63) is 5.82 Å². The molecule has 2 rings (SSSR count). The first-order chi connectivity index (χ1) is 8.29. The highest BCUT2D eigenvalue weighted by atomic mass is 32.2. The molecule has 1 heterocycles. The Bertz CT molecular complexity index is 372. The lowest BCUT2D eigenvalue weighted by Crippen LogP contribution is -2.19. The third-order valence-electron chi connectivity index (χ3n) is 3.16. The Morgan fingerprint density at radius 1 is 1.41 bits per heavy atom. The molecule has 0 spiro atoms. The summed E-state index contributed by atoms with van der Waals surface area (Å²) < 4.78 is 5.16. The maximum atomic E-state index is 12.0. The SMILES string of the molecule is CCc1nsc(SCC(=O)C2CCCCC2)n1. The van der Waals surface area contributed by atoms with Crippen LogP contribution in [-0.2, 0) is 11.2 Å².